The van der Waals surface area contributed by atoms with Gasteiger partial charge in [-0.2, -0.15) is 5.10 Å². The molecule has 34 heavy (non-hydrogen) atoms. The fraction of sp³-hybridized carbons (Fsp3) is 0.276. The Kier molecular flexibility index (Phi) is 5.35. The molecule has 1 spiro atoms. The standard InChI is InChI=1S/C29H28N2O3/c1-28(2,3)31-27(33)29(25(30-31)23-14-13-21-11-7-8-12-22(21)17-23)16-15-24(18-29)26(32)34-19-20-9-5-4-6-10-20/h4-15,17H,16,18-19H2,1-3H3/t29-/m1/s1. The van der Waals surface area contributed by atoms with E-state index < -0.39 is 11.0 Å². The molecule has 172 valence electrons. The lowest BCUT2D eigenvalue weighted by atomic mass is 9.76. The van der Waals surface area contributed by atoms with Crippen molar-refractivity contribution < 1.29 is 14.3 Å². The minimum atomic E-state index is -0.892. The van der Waals surface area contributed by atoms with Gasteiger partial charge in [0.25, 0.3) is 5.91 Å². The molecule has 0 bridgehead atoms. The molecule has 5 nitrogen and oxygen atoms in total. The van der Waals surface area contributed by atoms with Crippen molar-refractivity contribution in [1.29, 1.82) is 0 Å². The van der Waals surface area contributed by atoms with Crippen LogP contribution >= 0.6 is 0 Å². The van der Waals surface area contributed by atoms with Gasteiger partial charge in [-0.1, -0.05) is 72.8 Å². The van der Waals surface area contributed by atoms with E-state index in [0.717, 1.165) is 27.6 Å². The van der Waals surface area contributed by atoms with E-state index in [0.29, 0.717) is 12.0 Å². The third-order valence-electron chi connectivity index (χ3n) is 6.58. The Hall–Kier alpha value is -3.73. The van der Waals surface area contributed by atoms with Gasteiger partial charge in [0.2, 0.25) is 0 Å². The van der Waals surface area contributed by atoms with Gasteiger partial charge in [0, 0.05) is 5.57 Å². The highest BCUT2D eigenvalue weighted by Crippen LogP contribution is 2.48. The van der Waals surface area contributed by atoms with Crippen LogP contribution in [0.1, 0.15) is 44.7 Å². The van der Waals surface area contributed by atoms with Crippen molar-refractivity contribution in [3.63, 3.8) is 0 Å². The van der Waals surface area contributed by atoms with E-state index in [9.17, 15) is 9.59 Å². The highest BCUT2D eigenvalue weighted by Gasteiger charge is 2.56. The minimum absolute atomic E-state index is 0.0646. The number of carbonyl (C=O) groups is 2. The number of allylic oxidation sites excluding steroid dienone is 1. The average molecular weight is 453 g/mol. The highest BCUT2D eigenvalue weighted by atomic mass is 16.5. The molecule has 1 amide bonds. The maximum absolute atomic E-state index is 13.8. The summed E-state index contributed by atoms with van der Waals surface area (Å²) < 4.78 is 5.57. The summed E-state index contributed by atoms with van der Waals surface area (Å²) in [5.74, 6) is -0.439. The van der Waals surface area contributed by atoms with Gasteiger partial charge in [0.15, 0.2) is 0 Å². The van der Waals surface area contributed by atoms with Gasteiger partial charge in [0.1, 0.15) is 12.0 Å². The van der Waals surface area contributed by atoms with Crippen LogP contribution in [0.2, 0.25) is 0 Å². The predicted octanol–water partition coefficient (Wildman–Crippen LogP) is 5.63. The first kappa shape index (κ1) is 22.1. The Bertz CT molecular complexity index is 1330. The maximum Gasteiger partial charge on any atom is 0.334 e. The molecule has 0 aromatic heterocycles. The SMILES string of the molecule is CC(C)(C)N1N=C(c2ccc3ccccc3c2)[C@]2(CC=C(C(=O)OCc3ccccc3)C2)C1=O. The van der Waals surface area contributed by atoms with Gasteiger partial charge in [-0.3, -0.25) is 4.79 Å². The van der Waals surface area contributed by atoms with Gasteiger partial charge >= 0.3 is 5.97 Å². The third-order valence-corrected chi connectivity index (χ3v) is 6.58. The fourth-order valence-corrected chi connectivity index (χ4v) is 4.75. The van der Waals surface area contributed by atoms with Crippen molar-refractivity contribution in [3.8, 4) is 0 Å². The normalized spacial score (nSPS) is 20.1. The van der Waals surface area contributed by atoms with E-state index >= 15 is 0 Å². The van der Waals surface area contributed by atoms with E-state index in [-0.39, 0.29) is 24.9 Å². The van der Waals surface area contributed by atoms with Crippen molar-refractivity contribution in [3.05, 3.63) is 95.6 Å². The molecule has 5 rings (SSSR count). The Labute approximate surface area is 199 Å². The number of hydrogen-bond acceptors (Lipinski definition) is 4. The largest absolute Gasteiger partial charge is 0.457 e. The molecule has 0 fully saturated rings. The molecule has 1 aliphatic carbocycles. The summed E-state index contributed by atoms with van der Waals surface area (Å²) in [7, 11) is 0. The predicted molar refractivity (Wildman–Crippen MR) is 133 cm³/mol. The smallest absolute Gasteiger partial charge is 0.334 e. The van der Waals surface area contributed by atoms with Crippen LogP contribution in [-0.4, -0.2) is 28.1 Å². The zero-order valence-corrected chi connectivity index (χ0v) is 19.7. The zero-order valence-electron chi connectivity index (χ0n) is 19.7. The molecule has 2 aliphatic rings. The number of amides is 1. The third kappa shape index (κ3) is 3.81. The molecule has 3 aromatic carbocycles. The lowest BCUT2D eigenvalue weighted by Gasteiger charge is -2.31. The zero-order chi connectivity index (χ0) is 23.9. The summed E-state index contributed by atoms with van der Waals surface area (Å²) in [4.78, 5) is 26.7. The maximum atomic E-state index is 13.8. The van der Waals surface area contributed by atoms with Gasteiger partial charge < -0.3 is 4.74 Å². The van der Waals surface area contributed by atoms with Crippen molar-refractivity contribution in [2.45, 2.75) is 45.8 Å². The molecule has 0 saturated heterocycles. The number of hydrazone groups is 1. The Morgan fingerprint density at radius 2 is 1.71 bits per heavy atom. The van der Waals surface area contributed by atoms with Crippen LogP contribution in [-0.2, 0) is 20.9 Å². The molecule has 0 saturated carbocycles. The van der Waals surface area contributed by atoms with Crippen LogP contribution in [0.3, 0.4) is 0 Å². The molecule has 0 N–H and O–H groups in total. The fourth-order valence-electron chi connectivity index (χ4n) is 4.75. The molecule has 5 heteroatoms. The van der Waals surface area contributed by atoms with Crippen LogP contribution in [0.4, 0.5) is 0 Å². The van der Waals surface area contributed by atoms with Gasteiger partial charge in [-0.05, 0) is 61.6 Å². The Morgan fingerprint density at radius 1 is 1.00 bits per heavy atom. The molecule has 1 heterocycles. The quantitative estimate of drug-likeness (QED) is 0.482. The lowest BCUT2D eigenvalue weighted by molar-refractivity contribution is -0.141. The number of carbonyl (C=O) groups excluding carboxylic acids is 2. The van der Waals surface area contributed by atoms with Crippen molar-refractivity contribution >= 4 is 28.4 Å². The minimum Gasteiger partial charge on any atom is -0.457 e. The second kappa shape index (κ2) is 8.24. The molecule has 1 atom stereocenters. The molecular formula is C29H28N2O3. The number of nitrogens with zero attached hydrogens (tertiary/aromatic N) is 2. The molecular weight excluding hydrogens is 424 g/mol. The van der Waals surface area contributed by atoms with Crippen molar-refractivity contribution in [2.24, 2.45) is 10.5 Å². The van der Waals surface area contributed by atoms with Crippen molar-refractivity contribution in [2.75, 3.05) is 0 Å². The first-order valence-corrected chi connectivity index (χ1v) is 11.6. The molecule has 3 aromatic rings. The number of hydrogen-bond donors (Lipinski definition) is 0. The summed E-state index contributed by atoms with van der Waals surface area (Å²) in [5, 5.41) is 8.66. The second-order valence-electron chi connectivity index (χ2n) is 10.1. The van der Waals surface area contributed by atoms with Gasteiger partial charge in [-0.25, -0.2) is 9.80 Å². The van der Waals surface area contributed by atoms with Crippen LogP contribution in [0, 0.1) is 5.41 Å². The number of fused-ring (bicyclic) bond motifs is 1. The lowest BCUT2D eigenvalue weighted by Crippen LogP contribution is -2.45. The van der Waals surface area contributed by atoms with Crippen LogP contribution < -0.4 is 0 Å². The monoisotopic (exact) mass is 452 g/mol. The number of ether oxygens (including phenoxy) is 1. The van der Waals surface area contributed by atoms with E-state index in [1.807, 2.05) is 75.4 Å². The van der Waals surface area contributed by atoms with E-state index in [1.165, 1.54) is 0 Å². The summed E-state index contributed by atoms with van der Waals surface area (Å²) >= 11 is 0. The van der Waals surface area contributed by atoms with Crippen LogP contribution in [0.15, 0.2) is 89.5 Å². The van der Waals surface area contributed by atoms with Gasteiger partial charge in [-0.15, -0.1) is 0 Å². The Balaban J connectivity index is 1.45. The van der Waals surface area contributed by atoms with Crippen LogP contribution in [0.25, 0.3) is 10.8 Å². The summed E-state index contributed by atoms with van der Waals surface area (Å²) in [5.41, 5.74) is 1.73. The molecule has 0 unspecified atom stereocenters. The Morgan fingerprint density at radius 3 is 2.44 bits per heavy atom. The first-order valence-electron chi connectivity index (χ1n) is 11.6. The van der Waals surface area contributed by atoms with Crippen molar-refractivity contribution in [1.82, 2.24) is 5.01 Å². The number of benzene rings is 3. The average Bonchev–Trinajstić information content (AvgIpc) is 3.40. The summed E-state index contributed by atoms with van der Waals surface area (Å²) in [6.45, 7) is 6.13. The molecule has 1 aliphatic heterocycles. The topological polar surface area (TPSA) is 59.0 Å². The summed E-state index contributed by atoms with van der Waals surface area (Å²) in [6.07, 6.45) is 2.57. The van der Waals surface area contributed by atoms with E-state index in [1.54, 1.807) is 5.01 Å². The number of esters is 1. The highest BCUT2D eigenvalue weighted by molar-refractivity contribution is 6.22. The molecule has 0 radical (unpaired) electrons. The van der Waals surface area contributed by atoms with E-state index in [2.05, 4.69) is 24.3 Å². The first-order chi connectivity index (χ1) is 16.3. The second-order valence-corrected chi connectivity index (χ2v) is 10.1. The van der Waals surface area contributed by atoms with Crippen LogP contribution in [0.5, 0.6) is 0 Å². The van der Waals surface area contributed by atoms with E-state index in [4.69, 9.17) is 9.84 Å². The number of rotatable bonds is 4. The van der Waals surface area contributed by atoms with Gasteiger partial charge in [0.05, 0.1) is 11.3 Å². The summed E-state index contributed by atoms with van der Waals surface area (Å²) in [6, 6.07) is 23.9.